The predicted octanol–water partition coefficient (Wildman–Crippen LogP) is 5.09. The zero-order chi connectivity index (χ0) is 31.7. The van der Waals surface area contributed by atoms with Gasteiger partial charge in [0.15, 0.2) is 11.4 Å². The first-order valence-corrected chi connectivity index (χ1v) is 14.7. The van der Waals surface area contributed by atoms with Crippen molar-refractivity contribution in [2.45, 2.75) is 90.3 Å². The molecule has 0 aromatic heterocycles. The topological polar surface area (TPSA) is 125 Å². The van der Waals surface area contributed by atoms with Crippen molar-refractivity contribution in [1.82, 2.24) is 0 Å². The summed E-state index contributed by atoms with van der Waals surface area (Å²) in [6.45, 7) is 13.6. The molecule has 1 N–H and O–H groups in total. The van der Waals surface area contributed by atoms with Crippen LogP contribution in [-0.2, 0) is 66.0 Å². The number of ether oxygens (including phenoxy) is 4. The van der Waals surface area contributed by atoms with Crippen LogP contribution in [0.5, 0.6) is 0 Å². The molecule has 1 aromatic rings. The van der Waals surface area contributed by atoms with Gasteiger partial charge < -0.3 is 31.5 Å². The van der Waals surface area contributed by atoms with Gasteiger partial charge in [0.2, 0.25) is 5.97 Å². The van der Waals surface area contributed by atoms with Crippen molar-refractivity contribution in [1.29, 1.82) is 0 Å². The molecular weight excluding hydrogens is 653 g/mol. The molecule has 0 spiro atoms. The third kappa shape index (κ3) is 7.07. The van der Waals surface area contributed by atoms with E-state index in [1.807, 2.05) is 6.92 Å². The molecule has 2 bridgehead atoms. The molecule has 243 valence electrons. The number of aliphatic hydroxyl groups is 1. The molecule has 0 amide bonds. The first kappa shape index (κ1) is 38.6. The molecule has 3 aliphatic rings. The summed E-state index contributed by atoms with van der Waals surface area (Å²) in [6.07, 6.45) is 0.614. The summed E-state index contributed by atoms with van der Waals surface area (Å²) in [5, 5.41) is 12.8. The molecule has 9 nitrogen and oxygen atoms in total. The van der Waals surface area contributed by atoms with Crippen LogP contribution in [0.25, 0.3) is 0 Å². The van der Waals surface area contributed by atoms with Gasteiger partial charge in [-0.25, -0.2) is 17.8 Å². The van der Waals surface area contributed by atoms with Crippen LogP contribution in [0.1, 0.15) is 71.2 Å². The molecule has 0 unspecified atom stereocenters. The first-order chi connectivity index (χ1) is 20.3. The van der Waals surface area contributed by atoms with Crippen molar-refractivity contribution < 1.29 is 75.9 Å². The van der Waals surface area contributed by atoms with Crippen LogP contribution in [0.3, 0.4) is 0 Å². The minimum atomic E-state index is -1.92. The number of esters is 3. The minimum Gasteiger partial charge on any atom is -0.468 e. The standard InChI is InChI=1S/C34H41O9.CH3.Y/c1-8-13-26-34(18-40-26,43-23(7)35)29-19(3)20(4)30(37)28-21(5)25(41-27(36)14-9-2)17-33(39,22(28)6)31(29)42-32(38)24-15-11-10-12-16-24;;/h9-12,14-16,22,25-26,29,31,39H,2,8,13,17-18H2,1,3-7H3;1H3;/q2*-1;/b14-9+,20-19-;;/t22-,25+,26-,29-,31+,33+,34+;;/m1../s1. The van der Waals surface area contributed by atoms with Crippen LogP contribution in [0, 0.1) is 26.2 Å². The Labute approximate surface area is 291 Å². The second kappa shape index (κ2) is 15.3. The Kier molecular flexibility index (Phi) is 13.2. The number of rotatable bonds is 8. The van der Waals surface area contributed by atoms with E-state index in [1.54, 1.807) is 58.0 Å². The average molecular weight is 698 g/mol. The maximum Gasteiger partial charge on any atom is 0.338 e. The summed E-state index contributed by atoms with van der Waals surface area (Å²) in [5.41, 5.74) is -1.30. The number of allylic oxidation sites excluding steroid dienone is 2. The zero-order valence-electron chi connectivity index (χ0n) is 27.3. The number of Topliss-reactive ketones (excluding diaryl/α,β-unsaturated/α-hetero) is 1. The van der Waals surface area contributed by atoms with Crippen molar-refractivity contribution in [3.63, 3.8) is 0 Å². The fraction of sp³-hybridized carbons (Fsp3) is 0.486. The van der Waals surface area contributed by atoms with Gasteiger partial charge >= 0.3 is 11.9 Å². The molecule has 1 heterocycles. The van der Waals surface area contributed by atoms with Gasteiger partial charge in [-0.3, -0.25) is 14.4 Å². The van der Waals surface area contributed by atoms with Crippen LogP contribution in [-0.4, -0.2) is 64.9 Å². The Balaban J connectivity index is 0.00000353. The Morgan fingerprint density at radius 3 is 2.29 bits per heavy atom. The summed E-state index contributed by atoms with van der Waals surface area (Å²) in [7, 11) is 0. The van der Waals surface area contributed by atoms with E-state index in [2.05, 4.69) is 6.92 Å². The largest absolute Gasteiger partial charge is 0.468 e. The van der Waals surface area contributed by atoms with Gasteiger partial charge in [0, 0.05) is 57.5 Å². The van der Waals surface area contributed by atoms with E-state index < -0.39 is 59.3 Å². The predicted molar refractivity (Wildman–Crippen MR) is 164 cm³/mol. The monoisotopic (exact) mass is 697 g/mol. The Bertz CT molecular complexity index is 1380. The number of hydrogen-bond donors (Lipinski definition) is 1. The molecule has 1 fully saturated rings. The Morgan fingerprint density at radius 2 is 1.76 bits per heavy atom. The van der Waals surface area contributed by atoms with Gasteiger partial charge in [-0.05, 0) is 50.5 Å². The number of hydrogen-bond acceptors (Lipinski definition) is 9. The van der Waals surface area contributed by atoms with Crippen LogP contribution >= 0.6 is 0 Å². The SMILES string of the molecule is [CH2-]/C=C/C(=O)O[C@H]1C[C@]2(O)[C@H](C)C(=C1C)C(=O)/C(C)=C(/C)[C@@H]([C@]1(OC(C)=O)CO[C@@H]1CCC)[C@@H]2OC(=O)c1ccccc1.[CH3-].[Y]. The molecular formula is C35H44O9Y-2. The number of benzene rings is 1. The summed E-state index contributed by atoms with van der Waals surface area (Å²) in [5.74, 6) is -4.06. The van der Waals surface area contributed by atoms with Gasteiger partial charge in [0.05, 0.1) is 18.1 Å². The summed E-state index contributed by atoms with van der Waals surface area (Å²) >= 11 is 0. The van der Waals surface area contributed by atoms with E-state index in [0.29, 0.717) is 29.6 Å². The normalized spacial score (nSPS) is 32.7. The molecule has 7 atom stereocenters. The van der Waals surface area contributed by atoms with E-state index in [-0.39, 0.29) is 70.1 Å². The number of carbonyl (C=O) groups excluding carboxylic acids is 4. The third-order valence-corrected chi connectivity index (χ3v) is 9.26. The number of carbonyl (C=O) groups is 4. The van der Waals surface area contributed by atoms with E-state index in [4.69, 9.17) is 18.9 Å². The van der Waals surface area contributed by atoms with E-state index in [1.165, 1.54) is 13.0 Å². The van der Waals surface area contributed by atoms with Gasteiger partial charge in [-0.15, -0.1) is 6.08 Å². The number of ketones is 1. The van der Waals surface area contributed by atoms with Crippen LogP contribution < -0.4 is 0 Å². The van der Waals surface area contributed by atoms with Crippen LogP contribution in [0.2, 0.25) is 0 Å². The Hall–Kier alpha value is -2.59. The van der Waals surface area contributed by atoms with Crippen molar-refractivity contribution >= 4 is 23.7 Å². The van der Waals surface area contributed by atoms with Crippen LogP contribution in [0.15, 0.2) is 64.8 Å². The van der Waals surface area contributed by atoms with Gasteiger partial charge in [0.25, 0.3) is 0 Å². The second-order valence-corrected chi connectivity index (χ2v) is 11.8. The summed E-state index contributed by atoms with van der Waals surface area (Å²) in [4.78, 5) is 53.1. The smallest absolute Gasteiger partial charge is 0.338 e. The molecule has 4 rings (SSSR count). The molecule has 1 aromatic carbocycles. The van der Waals surface area contributed by atoms with Crippen molar-refractivity contribution in [2.75, 3.05) is 6.61 Å². The van der Waals surface area contributed by atoms with Gasteiger partial charge in [-0.1, -0.05) is 44.0 Å². The Morgan fingerprint density at radius 1 is 1.11 bits per heavy atom. The minimum absolute atomic E-state index is 0. The second-order valence-electron chi connectivity index (χ2n) is 11.8. The fourth-order valence-electron chi connectivity index (χ4n) is 6.89. The molecule has 0 saturated carbocycles. The fourth-order valence-corrected chi connectivity index (χ4v) is 6.89. The molecule has 1 saturated heterocycles. The quantitative estimate of drug-likeness (QED) is 0.171. The maximum atomic E-state index is 14.2. The first-order valence-electron chi connectivity index (χ1n) is 14.7. The van der Waals surface area contributed by atoms with E-state index in [0.717, 1.165) is 6.08 Å². The molecule has 1 radical (unpaired) electrons. The van der Waals surface area contributed by atoms with Gasteiger partial charge in [-0.2, -0.15) is 0 Å². The maximum absolute atomic E-state index is 14.2. The molecule has 1 aliphatic heterocycles. The summed E-state index contributed by atoms with van der Waals surface area (Å²) < 4.78 is 24.0. The summed E-state index contributed by atoms with van der Waals surface area (Å²) in [6, 6.07) is 8.37. The van der Waals surface area contributed by atoms with E-state index in [9.17, 15) is 24.3 Å². The van der Waals surface area contributed by atoms with Crippen LogP contribution in [0.4, 0.5) is 0 Å². The molecule has 2 aliphatic carbocycles. The van der Waals surface area contributed by atoms with Gasteiger partial charge in [0.1, 0.15) is 23.9 Å². The van der Waals surface area contributed by atoms with E-state index >= 15 is 0 Å². The number of fused-ring (bicyclic) bond motifs is 2. The van der Waals surface area contributed by atoms with Crippen molar-refractivity contribution in [2.24, 2.45) is 11.8 Å². The zero-order valence-corrected chi connectivity index (χ0v) is 30.1. The third-order valence-electron chi connectivity index (χ3n) is 9.26. The van der Waals surface area contributed by atoms with Crippen molar-refractivity contribution in [3.8, 4) is 0 Å². The molecule has 10 heteroatoms. The molecule has 45 heavy (non-hydrogen) atoms. The average Bonchev–Trinajstić information content (AvgIpc) is 2.96. The van der Waals surface area contributed by atoms with Crippen molar-refractivity contribution in [3.05, 3.63) is 84.7 Å².